The minimum atomic E-state index is -2.38. The van der Waals surface area contributed by atoms with Crippen LogP contribution in [0.1, 0.15) is 59.1 Å². The first-order chi connectivity index (χ1) is 17.5. The zero-order valence-electron chi connectivity index (χ0n) is 24.0. The molecule has 6 nitrogen and oxygen atoms in total. The van der Waals surface area contributed by atoms with Crippen LogP contribution in [0.5, 0.6) is 0 Å². The van der Waals surface area contributed by atoms with Gasteiger partial charge in [-0.1, -0.05) is 63.2 Å². The molecule has 0 saturated heterocycles. The number of aliphatic carboxylic acids is 1. The van der Waals surface area contributed by atoms with E-state index < -0.39 is 44.0 Å². The molecule has 210 valence electrons. The molecule has 0 fully saturated rings. The molecule has 0 aromatic heterocycles. The number of benzene rings is 2. The number of alkyl carbamates (subject to hydrolysis) is 1. The van der Waals surface area contributed by atoms with E-state index in [0.717, 1.165) is 11.1 Å². The van der Waals surface area contributed by atoms with Crippen LogP contribution in [-0.2, 0) is 26.8 Å². The molecule has 0 radical (unpaired) electrons. The number of hydrogen-bond acceptors (Lipinski definition) is 4. The molecule has 0 aliphatic rings. The molecule has 1 amide bonds. The first-order valence-corrected chi connectivity index (χ1v) is 16.1. The highest BCUT2D eigenvalue weighted by Gasteiger charge is 2.42. The lowest BCUT2D eigenvalue weighted by Crippen LogP contribution is -2.54. The molecule has 0 heterocycles. The van der Waals surface area contributed by atoms with E-state index in [1.54, 1.807) is 32.9 Å². The Hall–Kier alpha value is -2.71. The molecule has 3 atom stereocenters. The van der Waals surface area contributed by atoms with Crippen LogP contribution in [0.3, 0.4) is 0 Å². The predicted molar refractivity (Wildman–Crippen MR) is 151 cm³/mol. The van der Waals surface area contributed by atoms with Crippen LogP contribution < -0.4 is 5.32 Å². The Balaban J connectivity index is 2.47. The van der Waals surface area contributed by atoms with E-state index in [2.05, 4.69) is 39.2 Å². The summed E-state index contributed by atoms with van der Waals surface area (Å²) in [4.78, 5) is 25.4. The lowest BCUT2D eigenvalue weighted by molar-refractivity contribution is -0.142. The second-order valence-electron chi connectivity index (χ2n) is 12.5. The van der Waals surface area contributed by atoms with Crippen molar-refractivity contribution < 1.29 is 28.2 Å². The molecule has 0 saturated carbocycles. The van der Waals surface area contributed by atoms with Crippen molar-refractivity contribution in [1.82, 2.24) is 5.32 Å². The van der Waals surface area contributed by atoms with Crippen molar-refractivity contribution in [2.75, 3.05) is 0 Å². The van der Waals surface area contributed by atoms with Gasteiger partial charge in [-0.3, -0.25) is 4.79 Å². The molecule has 0 aliphatic heterocycles. The Bertz CT molecular complexity index is 1050. The van der Waals surface area contributed by atoms with Gasteiger partial charge in [-0.25, -0.2) is 9.18 Å². The van der Waals surface area contributed by atoms with Crippen LogP contribution >= 0.6 is 0 Å². The van der Waals surface area contributed by atoms with Crippen molar-refractivity contribution in [3.05, 3.63) is 71.5 Å². The molecule has 3 unspecified atom stereocenters. The molecule has 8 heteroatoms. The van der Waals surface area contributed by atoms with Crippen molar-refractivity contribution in [2.45, 2.75) is 96.7 Å². The Labute approximate surface area is 228 Å². The van der Waals surface area contributed by atoms with Crippen LogP contribution in [0, 0.1) is 11.7 Å². The summed E-state index contributed by atoms with van der Waals surface area (Å²) in [5.41, 5.74) is 1.02. The van der Waals surface area contributed by atoms with Crippen molar-refractivity contribution in [1.29, 1.82) is 0 Å². The minimum absolute atomic E-state index is 0.135. The van der Waals surface area contributed by atoms with Crippen LogP contribution in [-0.4, -0.2) is 43.2 Å². The number of carbonyl (C=O) groups is 2. The summed E-state index contributed by atoms with van der Waals surface area (Å²) >= 11 is 0. The molecular weight excluding hydrogens is 501 g/mol. The number of carboxylic acid groups (broad SMARTS) is 1. The number of halogens is 1. The van der Waals surface area contributed by atoms with Crippen LogP contribution in [0.15, 0.2) is 54.6 Å². The Morgan fingerprint density at radius 3 is 1.97 bits per heavy atom. The zero-order valence-corrected chi connectivity index (χ0v) is 25.0. The van der Waals surface area contributed by atoms with Gasteiger partial charge < -0.3 is 19.6 Å². The van der Waals surface area contributed by atoms with E-state index in [1.165, 1.54) is 12.1 Å². The summed E-state index contributed by atoms with van der Waals surface area (Å²) in [6, 6.07) is 15.1. The van der Waals surface area contributed by atoms with Crippen molar-refractivity contribution in [2.24, 2.45) is 5.92 Å². The first kappa shape index (κ1) is 31.5. The Morgan fingerprint density at radius 2 is 1.47 bits per heavy atom. The molecule has 2 rings (SSSR count). The van der Waals surface area contributed by atoms with Gasteiger partial charge in [0.1, 0.15) is 11.4 Å². The van der Waals surface area contributed by atoms with E-state index in [-0.39, 0.29) is 23.7 Å². The van der Waals surface area contributed by atoms with Crippen LogP contribution in [0.2, 0.25) is 18.1 Å². The number of rotatable bonds is 11. The zero-order chi connectivity index (χ0) is 28.7. The highest BCUT2D eigenvalue weighted by Crippen LogP contribution is 2.39. The summed E-state index contributed by atoms with van der Waals surface area (Å²) in [5.74, 6) is -2.13. The lowest BCUT2D eigenvalue weighted by atomic mass is 9.89. The third kappa shape index (κ3) is 10.2. The van der Waals surface area contributed by atoms with E-state index >= 15 is 0 Å². The number of nitrogens with one attached hydrogen (secondary N) is 1. The second-order valence-corrected chi connectivity index (χ2v) is 17.2. The fourth-order valence-corrected chi connectivity index (χ4v) is 5.28. The lowest BCUT2D eigenvalue weighted by Gasteiger charge is -2.42. The summed E-state index contributed by atoms with van der Waals surface area (Å²) in [6.07, 6.45) is -0.329. The SMILES string of the molecule is CC(C)(C)OC(=O)NC(Cc1ccccc1)C(CC(Cc1ccc(F)cc1)C(=O)O)O[Si](C)(C)C(C)(C)C. The molecule has 0 aliphatic carbocycles. The molecular formula is C30H44FNO5Si. The predicted octanol–water partition coefficient (Wildman–Crippen LogP) is 6.99. The topological polar surface area (TPSA) is 84.9 Å². The van der Waals surface area contributed by atoms with E-state index in [4.69, 9.17) is 9.16 Å². The summed E-state index contributed by atoms with van der Waals surface area (Å²) in [6.45, 7) is 16.0. The number of amides is 1. The van der Waals surface area contributed by atoms with Crippen LogP contribution in [0.4, 0.5) is 9.18 Å². The summed E-state index contributed by atoms with van der Waals surface area (Å²) in [5, 5.41) is 13.0. The molecule has 38 heavy (non-hydrogen) atoms. The first-order valence-electron chi connectivity index (χ1n) is 13.2. The monoisotopic (exact) mass is 545 g/mol. The largest absolute Gasteiger partial charge is 0.481 e. The highest BCUT2D eigenvalue weighted by atomic mass is 28.4. The second kappa shape index (κ2) is 12.9. The van der Waals surface area contributed by atoms with Gasteiger partial charge in [-0.2, -0.15) is 0 Å². The third-order valence-electron chi connectivity index (χ3n) is 6.96. The van der Waals surface area contributed by atoms with Gasteiger partial charge in [-0.15, -0.1) is 0 Å². The number of carbonyl (C=O) groups excluding carboxylic acids is 1. The van der Waals surface area contributed by atoms with E-state index in [0.29, 0.717) is 6.42 Å². The smallest absolute Gasteiger partial charge is 0.407 e. The minimum Gasteiger partial charge on any atom is -0.481 e. The summed E-state index contributed by atoms with van der Waals surface area (Å²) in [7, 11) is -2.38. The highest BCUT2D eigenvalue weighted by molar-refractivity contribution is 6.74. The third-order valence-corrected chi connectivity index (χ3v) is 11.5. The van der Waals surface area contributed by atoms with Gasteiger partial charge in [0.25, 0.3) is 0 Å². The van der Waals surface area contributed by atoms with Crippen LogP contribution in [0.25, 0.3) is 0 Å². The average molecular weight is 546 g/mol. The van der Waals surface area contributed by atoms with Crippen molar-refractivity contribution in [3.8, 4) is 0 Å². The van der Waals surface area contributed by atoms with Gasteiger partial charge in [0, 0.05) is 0 Å². The average Bonchev–Trinajstić information content (AvgIpc) is 2.77. The van der Waals surface area contributed by atoms with Crippen molar-refractivity contribution >= 4 is 20.4 Å². The number of ether oxygens (including phenoxy) is 1. The summed E-state index contributed by atoms with van der Waals surface area (Å²) < 4.78 is 25.9. The standard InChI is InChI=1S/C30H44FNO5Si/c1-29(2,3)36-28(35)32-25(19-21-12-10-9-11-13-21)26(37-38(7,8)30(4,5)6)20-23(27(33)34)18-22-14-16-24(31)17-15-22/h9-17,23,25-26H,18-20H2,1-8H3,(H,32,35)(H,33,34). The number of carboxylic acids is 1. The van der Waals surface area contributed by atoms with Gasteiger partial charge in [-0.05, 0) is 81.4 Å². The fourth-order valence-electron chi connectivity index (χ4n) is 3.91. The quantitative estimate of drug-likeness (QED) is 0.297. The molecule has 0 spiro atoms. The van der Waals surface area contributed by atoms with E-state index in [9.17, 15) is 19.1 Å². The maximum absolute atomic E-state index is 13.5. The maximum Gasteiger partial charge on any atom is 0.407 e. The van der Waals surface area contributed by atoms with Gasteiger partial charge in [0.2, 0.25) is 0 Å². The molecule has 2 N–H and O–H groups in total. The Kier molecular flexibility index (Phi) is 10.7. The van der Waals surface area contributed by atoms with Gasteiger partial charge in [0.05, 0.1) is 18.1 Å². The van der Waals surface area contributed by atoms with E-state index in [1.807, 2.05) is 30.3 Å². The van der Waals surface area contributed by atoms with Crippen molar-refractivity contribution in [3.63, 3.8) is 0 Å². The van der Waals surface area contributed by atoms with Gasteiger partial charge >= 0.3 is 12.1 Å². The Morgan fingerprint density at radius 1 is 0.921 bits per heavy atom. The molecule has 0 bridgehead atoms. The maximum atomic E-state index is 13.5. The van der Waals surface area contributed by atoms with Gasteiger partial charge in [0.15, 0.2) is 8.32 Å². The number of hydrogen-bond donors (Lipinski definition) is 2. The fraction of sp³-hybridized carbons (Fsp3) is 0.533. The molecule has 2 aromatic carbocycles. The molecule has 2 aromatic rings. The normalized spacial score (nSPS) is 14.9.